The molecule has 74 valence electrons. The molecule has 0 aromatic heterocycles. The van der Waals surface area contributed by atoms with Gasteiger partial charge in [0.2, 0.25) is 0 Å². The monoisotopic (exact) mass is 176 g/mol. The summed E-state index contributed by atoms with van der Waals surface area (Å²) >= 11 is 0. The molecule has 0 heterocycles. The minimum Gasteiger partial charge on any atom is -0.300 e. The van der Waals surface area contributed by atoms with E-state index in [9.17, 15) is 4.79 Å². The van der Waals surface area contributed by atoms with E-state index in [0.29, 0.717) is 17.6 Å². The standard InChI is InChI=1S/C9H18O.H2O2/c1-7(2)5-9(10)6-8(3)4;1-2/h7-8H,5-6H2,1-4H3;1-2H. The van der Waals surface area contributed by atoms with E-state index in [1.165, 1.54) is 0 Å². The Morgan fingerprint density at radius 2 is 1.25 bits per heavy atom. The summed E-state index contributed by atoms with van der Waals surface area (Å²) in [6.45, 7) is 8.33. The third kappa shape index (κ3) is 12.3. The summed E-state index contributed by atoms with van der Waals surface area (Å²) in [5.41, 5.74) is 0. The Kier molecular flexibility index (Phi) is 10.2. The maximum Gasteiger partial charge on any atom is 0.133 e. The molecule has 12 heavy (non-hydrogen) atoms. The van der Waals surface area contributed by atoms with E-state index in [2.05, 4.69) is 27.7 Å². The summed E-state index contributed by atoms with van der Waals surface area (Å²) in [5.74, 6) is 1.45. The minimum atomic E-state index is 0.407. The van der Waals surface area contributed by atoms with Gasteiger partial charge in [-0.1, -0.05) is 27.7 Å². The van der Waals surface area contributed by atoms with Gasteiger partial charge in [0, 0.05) is 12.8 Å². The smallest absolute Gasteiger partial charge is 0.133 e. The number of carbonyl (C=O) groups is 1. The molecule has 2 N–H and O–H groups in total. The van der Waals surface area contributed by atoms with Crippen LogP contribution in [0.1, 0.15) is 40.5 Å². The summed E-state index contributed by atoms with van der Waals surface area (Å²) in [6, 6.07) is 0. The second-order valence-electron chi connectivity index (χ2n) is 3.73. The summed E-state index contributed by atoms with van der Waals surface area (Å²) in [7, 11) is 0. The molecule has 0 aromatic carbocycles. The molecular formula is C9H20O3. The molecule has 0 amide bonds. The minimum absolute atomic E-state index is 0.407. The van der Waals surface area contributed by atoms with Gasteiger partial charge in [-0.15, -0.1) is 0 Å². The first-order chi connectivity index (χ1) is 5.52. The van der Waals surface area contributed by atoms with Crippen molar-refractivity contribution >= 4 is 5.78 Å². The van der Waals surface area contributed by atoms with E-state index in [0.717, 1.165) is 12.8 Å². The Morgan fingerprint density at radius 3 is 1.42 bits per heavy atom. The molecule has 0 aromatic rings. The summed E-state index contributed by atoms with van der Waals surface area (Å²) in [6.07, 6.45) is 1.50. The van der Waals surface area contributed by atoms with E-state index in [1.54, 1.807) is 0 Å². The first-order valence-corrected chi connectivity index (χ1v) is 4.24. The van der Waals surface area contributed by atoms with Gasteiger partial charge in [0.15, 0.2) is 0 Å². The third-order valence-electron chi connectivity index (χ3n) is 1.27. The molecule has 0 bridgehead atoms. The summed E-state index contributed by atoms with van der Waals surface area (Å²) in [4.78, 5) is 11.1. The Bertz CT molecular complexity index is 96.3. The lowest BCUT2D eigenvalue weighted by Crippen LogP contribution is -2.05. The van der Waals surface area contributed by atoms with Crippen LogP contribution in [0.3, 0.4) is 0 Å². The molecule has 0 fully saturated rings. The molecule has 0 saturated heterocycles. The van der Waals surface area contributed by atoms with Crippen LogP contribution in [-0.4, -0.2) is 16.3 Å². The molecule has 3 heteroatoms. The highest BCUT2D eigenvalue weighted by Crippen LogP contribution is 2.07. The molecule has 0 aliphatic carbocycles. The maximum atomic E-state index is 11.1. The van der Waals surface area contributed by atoms with Gasteiger partial charge < -0.3 is 0 Å². The van der Waals surface area contributed by atoms with Crippen LogP contribution in [-0.2, 0) is 4.79 Å². The molecule has 0 atom stereocenters. The topological polar surface area (TPSA) is 57.5 Å². The van der Waals surface area contributed by atoms with Crippen molar-refractivity contribution in [2.75, 3.05) is 0 Å². The van der Waals surface area contributed by atoms with Crippen LogP contribution in [0.15, 0.2) is 0 Å². The Labute approximate surface area is 74.3 Å². The molecule has 0 unspecified atom stereocenters. The van der Waals surface area contributed by atoms with Gasteiger partial charge in [-0.3, -0.25) is 15.3 Å². The highest BCUT2D eigenvalue weighted by Gasteiger charge is 2.06. The number of hydrogen-bond donors (Lipinski definition) is 2. The Morgan fingerprint density at radius 1 is 1.00 bits per heavy atom. The zero-order valence-corrected chi connectivity index (χ0v) is 8.37. The van der Waals surface area contributed by atoms with Crippen LogP contribution in [0.5, 0.6) is 0 Å². The highest BCUT2D eigenvalue weighted by molar-refractivity contribution is 5.78. The van der Waals surface area contributed by atoms with Gasteiger partial charge in [-0.05, 0) is 11.8 Å². The molecule has 0 aliphatic heterocycles. The fourth-order valence-electron chi connectivity index (χ4n) is 0.994. The second kappa shape index (κ2) is 8.68. The van der Waals surface area contributed by atoms with Crippen molar-refractivity contribution in [2.24, 2.45) is 11.8 Å². The Balaban J connectivity index is 0. The first-order valence-electron chi connectivity index (χ1n) is 4.24. The maximum absolute atomic E-state index is 11.1. The molecule has 0 rings (SSSR count). The second-order valence-corrected chi connectivity index (χ2v) is 3.73. The zero-order chi connectivity index (χ0) is 10.1. The predicted molar refractivity (Wildman–Crippen MR) is 49.2 cm³/mol. The first kappa shape index (κ1) is 14.1. The molecular weight excluding hydrogens is 156 g/mol. The lowest BCUT2D eigenvalue weighted by molar-refractivity contribution is -0.176. The van der Waals surface area contributed by atoms with Crippen LogP contribution in [0.2, 0.25) is 0 Å². The average Bonchev–Trinajstić information content (AvgIpc) is 1.87. The molecule has 0 aliphatic rings. The van der Waals surface area contributed by atoms with Crippen molar-refractivity contribution in [3.63, 3.8) is 0 Å². The number of ketones is 1. The lowest BCUT2D eigenvalue weighted by atomic mass is 10.00. The van der Waals surface area contributed by atoms with Crippen LogP contribution in [0.4, 0.5) is 0 Å². The van der Waals surface area contributed by atoms with E-state index in [-0.39, 0.29) is 0 Å². The van der Waals surface area contributed by atoms with Crippen LogP contribution < -0.4 is 0 Å². The van der Waals surface area contributed by atoms with E-state index in [4.69, 9.17) is 10.5 Å². The number of Topliss-reactive ketones (excluding diaryl/α,β-unsaturated/α-hetero) is 1. The molecule has 3 nitrogen and oxygen atoms in total. The fourth-order valence-corrected chi connectivity index (χ4v) is 0.994. The number of rotatable bonds is 4. The predicted octanol–water partition coefficient (Wildman–Crippen LogP) is 2.67. The quantitative estimate of drug-likeness (QED) is 0.511. The SMILES string of the molecule is CC(C)CC(=O)CC(C)C.OO. The van der Waals surface area contributed by atoms with E-state index < -0.39 is 0 Å². The van der Waals surface area contributed by atoms with Gasteiger partial charge in [0.1, 0.15) is 5.78 Å². The van der Waals surface area contributed by atoms with Crippen molar-refractivity contribution in [2.45, 2.75) is 40.5 Å². The van der Waals surface area contributed by atoms with Gasteiger partial charge in [0.05, 0.1) is 0 Å². The zero-order valence-electron chi connectivity index (χ0n) is 8.37. The fraction of sp³-hybridized carbons (Fsp3) is 0.889. The molecule has 0 spiro atoms. The van der Waals surface area contributed by atoms with Gasteiger partial charge in [-0.2, -0.15) is 0 Å². The van der Waals surface area contributed by atoms with Crippen LogP contribution in [0, 0.1) is 11.8 Å². The number of carbonyl (C=O) groups excluding carboxylic acids is 1. The van der Waals surface area contributed by atoms with Crippen molar-refractivity contribution < 1.29 is 15.3 Å². The third-order valence-corrected chi connectivity index (χ3v) is 1.27. The Hall–Kier alpha value is -0.410. The summed E-state index contributed by atoms with van der Waals surface area (Å²) < 4.78 is 0. The normalized spacial score (nSPS) is 9.67. The highest BCUT2D eigenvalue weighted by atomic mass is 17.0. The summed E-state index contributed by atoms with van der Waals surface area (Å²) in [5, 5.41) is 12.0. The van der Waals surface area contributed by atoms with E-state index >= 15 is 0 Å². The lowest BCUT2D eigenvalue weighted by Gasteiger charge is -2.05. The van der Waals surface area contributed by atoms with Crippen molar-refractivity contribution in [1.82, 2.24) is 0 Å². The van der Waals surface area contributed by atoms with Crippen molar-refractivity contribution in [1.29, 1.82) is 0 Å². The van der Waals surface area contributed by atoms with Crippen LogP contribution in [0.25, 0.3) is 0 Å². The van der Waals surface area contributed by atoms with Gasteiger partial charge in [-0.25, -0.2) is 0 Å². The largest absolute Gasteiger partial charge is 0.300 e. The van der Waals surface area contributed by atoms with Crippen LogP contribution >= 0.6 is 0 Å². The van der Waals surface area contributed by atoms with Crippen molar-refractivity contribution in [3.8, 4) is 0 Å². The van der Waals surface area contributed by atoms with Gasteiger partial charge in [0.25, 0.3) is 0 Å². The molecule has 0 saturated carbocycles. The molecule has 0 radical (unpaired) electrons. The van der Waals surface area contributed by atoms with E-state index in [1.807, 2.05) is 0 Å². The van der Waals surface area contributed by atoms with Crippen molar-refractivity contribution in [3.05, 3.63) is 0 Å². The van der Waals surface area contributed by atoms with Gasteiger partial charge >= 0.3 is 0 Å². The average molecular weight is 176 g/mol. The number of hydrogen-bond acceptors (Lipinski definition) is 3.